The van der Waals surface area contributed by atoms with E-state index in [1.165, 1.54) is 24.3 Å². The van der Waals surface area contributed by atoms with E-state index in [2.05, 4.69) is 20.6 Å². The summed E-state index contributed by atoms with van der Waals surface area (Å²) in [4.78, 5) is 0. The molecular weight excluding hydrogens is 224 g/mol. The van der Waals surface area contributed by atoms with Gasteiger partial charge < -0.3 is 0 Å². The first-order valence-corrected chi connectivity index (χ1v) is 5.17. The van der Waals surface area contributed by atoms with Gasteiger partial charge in [0.25, 0.3) is 0 Å². The van der Waals surface area contributed by atoms with Crippen LogP contribution in [0.2, 0.25) is 0 Å². The minimum Gasteiger partial charge on any atom is -0.177 e. The molecule has 4 nitrogen and oxygen atoms in total. The molecule has 0 unspecified atom stereocenters. The van der Waals surface area contributed by atoms with Gasteiger partial charge in [-0.1, -0.05) is 54.0 Å². The number of tetrazole rings is 1. The lowest BCUT2D eigenvalue weighted by atomic mass is 9.98. The number of aryl methyl sites for hydroxylation is 1. The van der Waals surface area contributed by atoms with Crippen molar-refractivity contribution in [3.63, 3.8) is 0 Å². The maximum absolute atomic E-state index is 8.20. The molecule has 3 aromatic rings. The summed E-state index contributed by atoms with van der Waals surface area (Å²) in [5, 5.41) is 13.3. The minimum absolute atomic E-state index is 0.0295. The maximum atomic E-state index is 8.20. The molecule has 0 bridgehead atoms. The molecule has 0 atom stereocenters. The van der Waals surface area contributed by atoms with E-state index >= 15 is 0 Å². The second-order valence-electron chi connectivity index (χ2n) is 3.56. The Bertz CT molecular complexity index is 918. The summed E-state index contributed by atoms with van der Waals surface area (Å²) in [5.41, 5.74) is 0.851. The van der Waals surface area contributed by atoms with Gasteiger partial charge >= 0.3 is 0 Å². The average molecular weight is 243 g/mol. The van der Waals surface area contributed by atoms with Gasteiger partial charge in [-0.3, -0.25) is 0 Å². The average Bonchev–Trinajstić information content (AvgIpc) is 3.09. The number of aromatic nitrogens is 4. The van der Waals surface area contributed by atoms with Crippen LogP contribution in [0, 0.1) is 6.85 Å². The number of nitrogens with one attached hydrogen (secondary N) is 1. The zero-order chi connectivity index (χ0) is 18.4. The van der Waals surface area contributed by atoms with Crippen LogP contribution in [0.4, 0.5) is 0 Å². The van der Waals surface area contributed by atoms with Crippen LogP contribution in [0.15, 0.2) is 48.4 Å². The van der Waals surface area contributed by atoms with Crippen molar-refractivity contribution in [2.45, 2.75) is 6.85 Å². The Balaban J connectivity index is 2.29. The molecule has 0 aliphatic heterocycles. The number of hydrogen-bond donors (Lipinski definition) is 1. The molecule has 4 heteroatoms. The molecule has 1 aromatic heterocycles. The first-order chi connectivity index (χ1) is 11.7. The quantitative estimate of drug-likeness (QED) is 0.753. The fourth-order valence-electron chi connectivity index (χ4n) is 1.60. The van der Waals surface area contributed by atoms with E-state index in [0.29, 0.717) is 5.56 Å². The molecule has 18 heavy (non-hydrogen) atoms. The molecular formula is C14H12N4. The second kappa shape index (κ2) is 4.41. The van der Waals surface area contributed by atoms with Crippen LogP contribution in [-0.2, 0) is 0 Å². The highest BCUT2D eigenvalue weighted by Crippen LogP contribution is 2.29. The van der Waals surface area contributed by atoms with Crippen LogP contribution in [0.1, 0.15) is 15.2 Å². The van der Waals surface area contributed by atoms with Crippen LogP contribution in [0.5, 0.6) is 0 Å². The van der Waals surface area contributed by atoms with Gasteiger partial charge in [-0.15, -0.1) is 10.2 Å². The molecule has 0 radical (unpaired) electrons. The summed E-state index contributed by atoms with van der Waals surface area (Å²) < 4.78 is 54.3. The normalized spacial score (nSPS) is 16.8. The highest BCUT2D eigenvalue weighted by Gasteiger charge is 2.09. The minimum atomic E-state index is -2.26. The highest BCUT2D eigenvalue weighted by atomic mass is 15.5. The van der Waals surface area contributed by atoms with E-state index in [0.717, 1.165) is 0 Å². The van der Waals surface area contributed by atoms with Crippen molar-refractivity contribution in [1.82, 2.24) is 20.6 Å². The summed E-state index contributed by atoms with van der Waals surface area (Å²) in [6.45, 7) is -2.26. The number of rotatable bonds is 2. The Kier molecular flexibility index (Phi) is 1.33. The second-order valence-corrected chi connectivity index (χ2v) is 3.56. The first-order valence-electron chi connectivity index (χ1n) is 8.67. The highest BCUT2D eigenvalue weighted by molar-refractivity contribution is 5.80. The van der Waals surface area contributed by atoms with Crippen molar-refractivity contribution >= 4 is 0 Å². The van der Waals surface area contributed by atoms with Crippen LogP contribution < -0.4 is 0 Å². The van der Waals surface area contributed by atoms with Crippen molar-refractivity contribution in [2.24, 2.45) is 0 Å². The summed E-state index contributed by atoms with van der Waals surface area (Å²) in [7, 11) is 0. The van der Waals surface area contributed by atoms with E-state index in [1.54, 1.807) is 0 Å². The van der Waals surface area contributed by atoms with Gasteiger partial charge in [-0.05, 0) is 23.2 Å². The summed E-state index contributed by atoms with van der Waals surface area (Å²) in [6, 6.07) is 4.45. The van der Waals surface area contributed by atoms with Gasteiger partial charge in [0.15, 0.2) is 0 Å². The molecule has 0 saturated carbocycles. The van der Waals surface area contributed by atoms with Gasteiger partial charge in [-0.2, -0.15) is 5.21 Å². The van der Waals surface area contributed by atoms with Gasteiger partial charge in [0.2, 0.25) is 5.82 Å². The largest absolute Gasteiger partial charge is 0.205 e. The molecule has 88 valence electrons. The van der Waals surface area contributed by atoms with Crippen molar-refractivity contribution in [1.29, 1.82) is 0 Å². The van der Waals surface area contributed by atoms with Crippen LogP contribution in [-0.4, -0.2) is 20.6 Å². The Morgan fingerprint density at radius 2 is 1.89 bits per heavy atom. The fourth-order valence-corrected chi connectivity index (χ4v) is 1.60. The molecule has 1 heterocycles. The zero-order valence-corrected chi connectivity index (χ0v) is 9.15. The predicted molar refractivity (Wildman–Crippen MR) is 69.8 cm³/mol. The molecule has 0 aliphatic rings. The number of nitrogens with zero attached hydrogens (tertiary/aromatic N) is 3. The Labute approximate surface area is 115 Å². The topological polar surface area (TPSA) is 54.5 Å². The van der Waals surface area contributed by atoms with Gasteiger partial charge in [0, 0.05) is 9.68 Å². The number of hydrogen-bond acceptors (Lipinski definition) is 3. The SMILES string of the molecule is [2H]c1c([2H])c([2H])c(-c2nn[nH]n2)c(-c2ccc(C([2H])([2H])[2H])cc2)c1[2H]. The standard InChI is InChI=1S/C14H12N4/c1-10-6-8-11(9-7-10)12-4-2-3-5-13(12)14-15-17-18-16-14/h2-9H,1H3,(H,15,16,17,18)/i1D3,2D,3D,4D,5D. The molecule has 1 N–H and O–H groups in total. The summed E-state index contributed by atoms with van der Waals surface area (Å²) in [5.74, 6) is 0.0295. The lowest BCUT2D eigenvalue weighted by Crippen LogP contribution is -1.87. The Morgan fingerprint density at radius 3 is 2.56 bits per heavy atom. The predicted octanol–water partition coefficient (Wildman–Crippen LogP) is 2.84. The van der Waals surface area contributed by atoms with Gasteiger partial charge in [0.05, 0.1) is 5.48 Å². The molecule has 0 spiro atoms. The number of benzene rings is 2. The number of aromatic amines is 1. The number of H-pyrrole nitrogens is 1. The van der Waals surface area contributed by atoms with Crippen LogP contribution in [0.25, 0.3) is 22.5 Å². The summed E-state index contributed by atoms with van der Waals surface area (Å²) >= 11 is 0. The Morgan fingerprint density at radius 1 is 1.11 bits per heavy atom. The van der Waals surface area contributed by atoms with E-state index in [9.17, 15) is 0 Å². The van der Waals surface area contributed by atoms with Crippen molar-refractivity contribution in [2.75, 3.05) is 0 Å². The molecule has 0 fully saturated rings. The van der Waals surface area contributed by atoms with Crippen LogP contribution >= 0.6 is 0 Å². The summed E-state index contributed by atoms with van der Waals surface area (Å²) in [6.07, 6.45) is 0. The van der Waals surface area contributed by atoms with E-state index in [4.69, 9.17) is 9.60 Å². The lowest BCUT2D eigenvalue weighted by molar-refractivity contribution is 0.881. The van der Waals surface area contributed by atoms with Gasteiger partial charge in [0.1, 0.15) is 0 Å². The molecule has 0 aliphatic carbocycles. The van der Waals surface area contributed by atoms with Crippen LogP contribution in [0.3, 0.4) is 0 Å². The van der Waals surface area contributed by atoms with Crippen molar-refractivity contribution in [3.05, 3.63) is 54.0 Å². The maximum Gasteiger partial charge on any atom is 0.205 e. The van der Waals surface area contributed by atoms with E-state index < -0.39 is 18.9 Å². The van der Waals surface area contributed by atoms with E-state index in [-0.39, 0.29) is 34.6 Å². The molecule has 3 rings (SSSR count). The monoisotopic (exact) mass is 243 g/mol. The smallest absolute Gasteiger partial charge is 0.177 e. The van der Waals surface area contributed by atoms with Gasteiger partial charge in [-0.25, -0.2) is 0 Å². The molecule has 2 aromatic carbocycles. The lowest BCUT2D eigenvalue weighted by Gasteiger charge is -2.06. The van der Waals surface area contributed by atoms with E-state index in [1.807, 2.05) is 0 Å². The molecule has 0 saturated heterocycles. The molecule has 0 amide bonds. The zero-order valence-electron chi connectivity index (χ0n) is 16.2. The third-order valence-electron chi connectivity index (χ3n) is 2.43. The third kappa shape index (κ3) is 1.88. The van der Waals surface area contributed by atoms with Crippen molar-refractivity contribution in [3.8, 4) is 22.5 Å². The first kappa shape index (κ1) is 5.44. The Hall–Kier alpha value is -2.49. The fraction of sp³-hybridized carbons (Fsp3) is 0.0714. The third-order valence-corrected chi connectivity index (χ3v) is 2.43. The van der Waals surface area contributed by atoms with Crippen molar-refractivity contribution < 1.29 is 9.60 Å².